The molecule has 0 saturated heterocycles. The first-order valence-corrected chi connectivity index (χ1v) is 6.77. The number of amides is 1. The van der Waals surface area contributed by atoms with Gasteiger partial charge >= 0.3 is 0 Å². The molecule has 1 amide bonds. The van der Waals surface area contributed by atoms with E-state index in [1.165, 1.54) is 0 Å². The van der Waals surface area contributed by atoms with Crippen LogP contribution in [0.3, 0.4) is 0 Å². The third kappa shape index (κ3) is 3.28. The van der Waals surface area contributed by atoms with E-state index < -0.39 is 0 Å². The van der Waals surface area contributed by atoms with Crippen LogP contribution < -0.4 is 11.1 Å². The summed E-state index contributed by atoms with van der Waals surface area (Å²) in [5.74, 6) is -0.250. The zero-order valence-electron chi connectivity index (χ0n) is 10.2. The van der Waals surface area contributed by atoms with Crippen molar-refractivity contribution in [2.45, 2.75) is 6.92 Å². The Morgan fingerprint density at radius 2 is 2.00 bits per heavy atom. The predicted octanol–water partition coefficient (Wildman–Crippen LogP) is 4.25. The molecule has 0 atom stereocenters. The molecule has 2 aromatic rings. The molecular weight excluding hydrogens is 328 g/mol. The standard InChI is InChI=1S/C14H12BrClN2O/c1-8-2-4-10(12(17)6-8)14(19)18-13-5-3-9(16)7-11(13)15/h2-7H,17H2,1H3,(H,18,19). The van der Waals surface area contributed by atoms with Crippen LogP contribution >= 0.6 is 27.5 Å². The van der Waals surface area contributed by atoms with E-state index in [9.17, 15) is 4.79 Å². The highest BCUT2D eigenvalue weighted by atomic mass is 79.9. The van der Waals surface area contributed by atoms with E-state index in [0.717, 1.165) is 10.0 Å². The summed E-state index contributed by atoms with van der Waals surface area (Å²) in [6, 6.07) is 10.5. The molecule has 98 valence electrons. The minimum atomic E-state index is -0.250. The summed E-state index contributed by atoms with van der Waals surface area (Å²) < 4.78 is 0.721. The summed E-state index contributed by atoms with van der Waals surface area (Å²) in [4.78, 5) is 12.1. The highest BCUT2D eigenvalue weighted by Crippen LogP contribution is 2.26. The van der Waals surface area contributed by atoms with E-state index in [1.54, 1.807) is 30.3 Å². The van der Waals surface area contributed by atoms with Gasteiger partial charge in [0.25, 0.3) is 5.91 Å². The van der Waals surface area contributed by atoms with Crippen molar-refractivity contribution in [3.05, 3.63) is 57.0 Å². The van der Waals surface area contributed by atoms with Crippen molar-refractivity contribution in [1.29, 1.82) is 0 Å². The van der Waals surface area contributed by atoms with E-state index in [0.29, 0.717) is 22.0 Å². The van der Waals surface area contributed by atoms with Gasteiger partial charge in [0.15, 0.2) is 0 Å². The molecule has 0 bridgehead atoms. The smallest absolute Gasteiger partial charge is 0.257 e. The Balaban J connectivity index is 2.25. The SMILES string of the molecule is Cc1ccc(C(=O)Nc2ccc(Cl)cc2Br)c(N)c1. The Labute approximate surface area is 124 Å². The number of nitrogens with one attached hydrogen (secondary N) is 1. The van der Waals surface area contributed by atoms with Crippen molar-refractivity contribution < 1.29 is 4.79 Å². The monoisotopic (exact) mass is 338 g/mol. The fraction of sp³-hybridized carbons (Fsp3) is 0.0714. The van der Waals surface area contributed by atoms with Gasteiger partial charge in [-0.3, -0.25) is 4.79 Å². The van der Waals surface area contributed by atoms with Crippen LogP contribution in [-0.4, -0.2) is 5.91 Å². The Morgan fingerprint density at radius 3 is 2.63 bits per heavy atom. The molecule has 2 aromatic carbocycles. The summed E-state index contributed by atoms with van der Waals surface area (Å²) in [6.07, 6.45) is 0. The van der Waals surface area contributed by atoms with Crippen LogP contribution in [0.5, 0.6) is 0 Å². The first-order chi connectivity index (χ1) is 8.97. The Kier molecular flexibility index (Phi) is 4.12. The summed E-state index contributed by atoms with van der Waals surface area (Å²) in [5.41, 5.74) is 8.42. The molecule has 0 saturated carbocycles. The number of rotatable bonds is 2. The van der Waals surface area contributed by atoms with Crippen molar-refractivity contribution in [2.24, 2.45) is 0 Å². The van der Waals surface area contributed by atoms with Gasteiger partial charge in [0.05, 0.1) is 11.3 Å². The number of hydrogen-bond donors (Lipinski definition) is 2. The highest BCUT2D eigenvalue weighted by molar-refractivity contribution is 9.10. The largest absolute Gasteiger partial charge is 0.398 e. The van der Waals surface area contributed by atoms with E-state index in [2.05, 4.69) is 21.2 Å². The zero-order chi connectivity index (χ0) is 14.0. The Bertz CT molecular complexity index is 643. The summed E-state index contributed by atoms with van der Waals surface area (Å²) >= 11 is 9.20. The van der Waals surface area contributed by atoms with E-state index in [-0.39, 0.29) is 5.91 Å². The maximum Gasteiger partial charge on any atom is 0.257 e. The number of benzene rings is 2. The van der Waals surface area contributed by atoms with Crippen LogP contribution in [0.15, 0.2) is 40.9 Å². The molecule has 3 nitrogen and oxygen atoms in total. The number of nitrogens with two attached hydrogens (primary N) is 1. The molecule has 5 heteroatoms. The first kappa shape index (κ1) is 13.9. The quantitative estimate of drug-likeness (QED) is 0.804. The second-order valence-electron chi connectivity index (χ2n) is 4.17. The fourth-order valence-corrected chi connectivity index (χ4v) is 2.45. The normalized spacial score (nSPS) is 10.3. The molecule has 0 spiro atoms. The van der Waals surface area contributed by atoms with E-state index >= 15 is 0 Å². The lowest BCUT2D eigenvalue weighted by molar-refractivity contribution is 0.102. The molecule has 0 radical (unpaired) electrons. The van der Waals surface area contributed by atoms with Gasteiger partial charge in [-0.15, -0.1) is 0 Å². The summed E-state index contributed by atoms with van der Waals surface area (Å²) in [5, 5.41) is 3.39. The van der Waals surface area contributed by atoms with Crippen LogP contribution in [0.2, 0.25) is 5.02 Å². The van der Waals surface area contributed by atoms with Crippen molar-refractivity contribution in [3.8, 4) is 0 Å². The van der Waals surface area contributed by atoms with Crippen LogP contribution in [0.25, 0.3) is 0 Å². The number of carbonyl (C=O) groups excluding carboxylic acids is 1. The molecule has 0 fully saturated rings. The van der Waals surface area contributed by atoms with Crippen molar-refractivity contribution in [2.75, 3.05) is 11.1 Å². The molecule has 0 aliphatic carbocycles. The number of carbonyl (C=O) groups is 1. The Morgan fingerprint density at radius 1 is 1.26 bits per heavy atom. The van der Waals surface area contributed by atoms with Gasteiger partial charge < -0.3 is 11.1 Å². The van der Waals surface area contributed by atoms with Gasteiger partial charge in [0.1, 0.15) is 0 Å². The number of anilines is 2. The number of aryl methyl sites for hydroxylation is 1. The van der Waals surface area contributed by atoms with Crippen LogP contribution in [0.1, 0.15) is 15.9 Å². The van der Waals surface area contributed by atoms with Crippen LogP contribution in [-0.2, 0) is 0 Å². The average Bonchev–Trinajstić information content (AvgIpc) is 2.32. The molecule has 2 rings (SSSR count). The summed E-state index contributed by atoms with van der Waals surface area (Å²) in [7, 11) is 0. The van der Waals surface area contributed by atoms with Crippen molar-refractivity contribution in [1.82, 2.24) is 0 Å². The lowest BCUT2D eigenvalue weighted by Crippen LogP contribution is -2.14. The molecule has 3 N–H and O–H groups in total. The lowest BCUT2D eigenvalue weighted by atomic mass is 10.1. The zero-order valence-corrected chi connectivity index (χ0v) is 12.5. The predicted molar refractivity (Wildman–Crippen MR) is 82.7 cm³/mol. The molecule has 19 heavy (non-hydrogen) atoms. The Hall–Kier alpha value is -1.52. The highest BCUT2D eigenvalue weighted by Gasteiger charge is 2.11. The maximum absolute atomic E-state index is 12.1. The molecule has 0 aliphatic rings. The van der Waals surface area contributed by atoms with Gasteiger partial charge in [0.2, 0.25) is 0 Å². The van der Waals surface area contributed by atoms with Crippen LogP contribution in [0, 0.1) is 6.92 Å². The van der Waals surface area contributed by atoms with Gasteiger partial charge in [-0.25, -0.2) is 0 Å². The third-order valence-corrected chi connectivity index (χ3v) is 3.52. The van der Waals surface area contributed by atoms with E-state index in [1.807, 2.05) is 13.0 Å². The molecule has 0 heterocycles. The van der Waals surface area contributed by atoms with Crippen molar-refractivity contribution in [3.63, 3.8) is 0 Å². The van der Waals surface area contributed by atoms with Gasteiger partial charge in [0, 0.05) is 15.2 Å². The maximum atomic E-state index is 12.1. The minimum Gasteiger partial charge on any atom is -0.398 e. The summed E-state index contributed by atoms with van der Waals surface area (Å²) in [6.45, 7) is 1.92. The fourth-order valence-electron chi connectivity index (χ4n) is 1.67. The third-order valence-electron chi connectivity index (χ3n) is 2.63. The number of hydrogen-bond acceptors (Lipinski definition) is 2. The second-order valence-corrected chi connectivity index (χ2v) is 5.46. The molecular formula is C14H12BrClN2O. The number of nitrogen functional groups attached to an aromatic ring is 1. The average molecular weight is 340 g/mol. The van der Waals surface area contributed by atoms with Crippen LogP contribution in [0.4, 0.5) is 11.4 Å². The lowest BCUT2D eigenvalue weighted by Gasteiger charge is -2.10. The first-order valence-electron chi connectivity index (χ1n) is 5.60. The topological polar surface area (TPSA) is 55.1 Å². The minimum absolute atomic E-state index is 0.250. The molecule has 0 aromatic heterocycles. The second kappa shape index (κ2) is 5.63. The van der Waals surface area contributed by atoms with E-state index in [4.69, 9.17) is 17.3 Å². The van der Waals surface area contributed by atoms with Gasteiger partial charge in [-0.2, -0.15) is 0 Å². The number of halogens is 2. The van der Waals surface area contributed by atoms with Gasteiger partial charge in [-0.05, 0) is 58.7 Å². The molecule has 0 unspecified atom stereocenters. The van der Waals surface area contributed by atoms with Crippen molar-refractivity contribution >= 4 is 44.8 Å². The molecule has 0 aliphatic heterocycles. The van der Waals surface area contributed by atoms with Gasteiger partial charge in [-0.1, -0.05) is 17.7 Å².